The lowest BCUT2D eigenvalue weighted by molar-refractivity contribution is -0.384. The predicted molar refractivity (Wildman–Crippen MR) is 85.2 cm³/mol. The van der Waals surface area contributed by atoms with Crippen LogP contribution in [0.4, 0.5) is 5.69 Å². The molecule has 2 aromatic carbocycles. The predicted octanol–water partition coefficient (Wildman–Crippen LogP) is 3.84. The van der Waals surface area contributed by atoms with Gasteiger partial charge in [-0.3, -0.25) is 10.1 Å². The van der Waals surface area contributed by atoms with Crippen LogP contribution >= 0.6 is 11.6 Å². The molecular formula is C16H12ClNO5. The molecule has 0 amide bonds. The Labute approximate surface area is 137 Å². The molecule has 0 radical (unpaired) electrons. The molecule has 0 N–H and O–H groups in total. The number of benzene rings is 2. The van der Waals surface area contributed by atoms with E-state index in [2.05, 4.69) is 4.74 Å². The van der Waals surface area contributed by atoms with Crippen LogP contribution in [0, 0.1) is 10.1 Å². The first-order valence-corrected chi connectivity index (χ1v) is 6.86. The molecule has 0 unspecified atom stereocenters. The van der Waals surface area contributed by atoms with Gasteiger partial charge in [-0.25, -0.2) is 4.79 Å². The number of nitrogens with zero attached hydrogens (tertiary/aromatic N) is 1. The number of nitro benzene ring substituents is 1. The molecule has 0 aliphatic heterocycles. The summed E-state index contributed by atoms with van der Waals surface area (Å²) in [6.45, 7) is 0. The van der Waals surface area contributed by atoms with Crippen LogP contribution in [-0.2, 0) is 9.53 Å². The van der Waals surface area contributed by atoms with Crippen molar-refractivity contribution in [2.24, 2.45) is 0 Å². The van der Waals surface area contributed by atoms with Gasteiger partial charge in [0, 0.05) is 6.07 Å². The molecule has 0 aliphatic rings. The van der Waals surface area contributed by atoms with Crippen LogP contribution in [0.15, 0.2) is 54.3 Å². The highest BCUT2D eigenvalue weighted by Gasteiger charge is 2.16. The maximum atomic E-state index is 11.8. The van der Waals surface area contributed by atoms with Crippen LogP contribution in [0.5, 0.6) is 5.75 Å². The van der Waals surface area contributed by atoms with Gasteiger partial charge in [0.2, 0.25) is 5.76 Å². The van der Waals surface area contributed by atoms with Gasteiger partial charge in [-0.1, -0.05) is 35.9 Å². The summed E-state index contributed by atoms with van der Waals surface area (Å²) >= 11 is 5.76. The van der Waals surface area contributed by atoms with Gasteiger partial charge in [0.25, 0.3) is 5.69 Å². The van der Waals surface area contributed by atoms with Crippen molar-refractivity contribution < 1.29 is 19.2 Å². The molecule has 0 heterocycles. The van der Waals surface area contributed by atoms with Crippen LogP contribution in [0.1, 0.15) is 5.56 Å². The van der Waals surface area contributed by atoms with Gasteiger partial charge in [0.1, 0.15) is 10.8 Å². The van der Waals surface area contributed by atoms with Crippen LogP contribution < -0.4 is 4.74 Å². The smallest absolute Gasteiger partial charge is 0.373 e. The third-order valence-electron chi connectivity index (χ3n) is 2.82. The molecular weight excluding hydrogens is 322 g/mol. The molecule has 7 heteroatoms. The maximum absolute atomic E-state index is 11.8. The van der Waals surface area contributed by atoms with Gasteiger partial charge in [0.15, 0.2) is 0 Å². The number of rotatable bonds is 5. The van der Waals surface area contributed by atoms with Gasteiger partial charge in [0.05, 0.1) is 12.0 Å². The van der Waals surface area contributed by atoms with E-state index in [-0.39, 0.29) is 16.5 Å². The molecule has 6 nitrogen and oxygen atoms in total. The minimum Gasteiger partial charge on any atom is -0.463 e. The molecule has 0 aromatic heterocycles. The van der Waals surface area contributed by atoms with Crippen molar-refractivity contribution in [3.05, 3.63) is 75.0 Å². The van der Waals surface area contributed by atoms with Crippen molar-refractivity contribution in [2.45, 2.75) is 0 Å². The zero-order valence-corrected chi connectivity index (χ0v) is 12.8. The molecule has 0 spiro atoms. The SMILES string of the molecule is COC(=O)/C(=C/c1ccc(Cl)c([N+](=O)[O-])c1)Oc1ccccc1. The minimum atomic E-state index is -0.702. The average molecular weight is 334 g/mol. The first-order valence-electron chi connectivity index (χ1n) is 6.48. The zero-order chi connectivity index (χ0) is 16.8. The standard InChI is InChI=1S/C16H12ClNO5/c1-22-16(19)15(23-12-5-3-2-4-6-12)10-11-7-8-13(17)14(9-11)18(20)21/h2-10H,1H3/b15-10-. The van der Waals surface area contributed by atoms with Crippen LogP contribution in [-0.4, -0.2) is 18.0 Å². The van der Waals surface area contributed by atoms with E-state index in [4.69, 9.17) is 16.3 Å². The highest BCUT2D eigenvalue weighted by molar-refractivity contribution is 6.32. The number of hydrogen-bond acceptors (Lipinski definition) is 5. The zero-order valence-electron chi connectivity index (χ0n) is 12.1. The third kappa shape index (κ3) is 4.31. The molecule has 0 saturated carbocycles. The average Bonchev–Trinajstić information content (AvgIpc) is 2.55. The Morgan fingerprint density at radius 1 is 1.22 bits per heavy atom. The second kappa shape index (κ2) is 7.42. The number of nitro groups is 1. The van der Waals surface area contributed by atoms with E-state index in [1.54, 1.807) is 30.3 Å². The van der Waals surface area contributed by atoms with Crippen molar-refractivity contribution in [1.82, 2.24) is 0 Å². The second-order valence-electron chi connectivity index (χ2n) is 4.38. The Morgan fingerprint density at radius 2 is 1.91 bits per heavy atom. The van der Waals surface area contributed by atoms with Crippen molar-refractivity contribution in [3.63, 3.8) is 0 Å². The van der Waals surface area contributed by atoms with Gasteiger partial charge < -0.3 is 9.47 Å². The van der Waals surface area contributed by atoms with E-state index in [1.807, 2.05) is 0 Å². The molecule has 0 saturated heterocycles. The summed E-state index contributed by atoms with van der Waals surface area (Å²) in [5.41, 5.74) is 0.127. The van der Waals surface area contributed by atoms with Crippen molar-refractivity contribution in [1.29, 1.82) is 0 Å². The van der Waals surface area contributed by atoms with Crippen LogP contribution in [0.3, 0.4) is 0 Å². The fraction of sp³-hybridized carbons (Fsp3) is 0.0625. The molecule has 2 aromatic rings. The number of para-hydroxylation sites is 1. The van der Waals surface area contributed by atoms with Crippen molar-refractivity contribution >= 4 is 29.3 Å². The molecule has 0 atom stereocenters. The Balaban J connectivity index is 2.39. The summed E-state index contributed by atoms with van der Waals surface area (Å²) in [6.07, 6.45) is 1.35. The Kier molecular flexibility index (Phi) is 5.32. The molecule has 0 bridgehead atoms. The second-order valence-corrected chi connectivity index (χ2v) is 4.79. The van der Waals surface area contributed by atoms with Crippen LogP contribution in [0.25, 0.3) is 6.08 Å². The number of methoxy groups -OCH3 is 1. The summed E-state index contributed by atoms with van der Waals surface area (Å²) in [5, 5.41) is 10.9. The Hall–Kier alpha value is -2.86. The molecule has 2 rings (SSSR count). The minimum absolute atomic E-state index is 0.00995. The summed E-state index contributed by atoms with van der Waals surface area (Å²) in [6, 6.07) is 12.8. The number of carbonyl (C=O) groups is 1. The highest BCUT2D eigenvalue weighted by Crippen LogP contribution is 2.26. The van der Waals surface area contributed by atoms with E-state index in [1.165, 1.54) is 31.4 Å². The van der Waals surface area contributed by atoms with E-state index >= 15 is 0 Å². The van der Waals surface area contributed by atoms with Gasteiger partial charge in [-0.15, -0.1) is 0 Å². The first kappa shape index (κ1) is 16.5. The molecule has 0 aliphatic carbocycles. The lowest BCUT2D eigenvalue weighted by Crippen LogP contribution is -2.10. The Morgan fingerprint density at radius 3 is 2.52 bits per heavy atom. The van der Waals surface area contributed by atoms with E-state index in [0.29, 0.717) is 11.3 Å². The van der Waals surface area contributed by atoms with Gasteiger partial charge >= 0.3 is 5.97 Å². The molecule has 0 fully saturated rings. The number of hydrogen-bond donors (Lipinski definition) is 0. The van der Waals surface area contributed by atoms with Gasteiger partial charge in [-0.05, 0) is 29.8 Å². The summed E-state index contributed by atoms with van der Waals surface area (Å²) in [4.78, 5) is 22.1. The lowest BCUT2D eigenvalue weighted by Gasteiger charge is -2.08. The largest absolute Gasteiger partial charge is 0.463 e. The summed E-state index contributed by atoms with van der Waals surface area (Å²) in [7, 11) is 1.22. The Bertz CT molecular complexity index is 758. The lowest BCUT2D eigenvalue weighted by atomic mass is 10.2. The normalized spacial score (nSPS) is 11.0. The quantitative estimate of drug-likeness (QED) is 0.273. The van der Waals surface area contributed by atoms with E-state index in [0.717, 1.165) is 0 Å². The van der Waals surface area contributed by atoms with Crippen molar-refractivity contribution in [2.75, 3.05) is 7.11 Å². The third-order valence-corrected chi connectivity index (χ3v) is 3.14. The summed E-state index contributed by atoms with van der Waals surface area (Å²) in [5.74, 6) is -0.366. The highest BCUT2D eigenvalue weighted by atomic mass is 35.5. The van der Waals surface area contributed by atoms with E-state index in [9.17, 15) is 14.9 Å². The summed E-state index contributed by atoms with van der Waals surface area (Å²) < 4.78 is 10.2. The fourth-order valence-corrected chi connectivity index (χ4v) is 1.94. The molecule has 23 heavy (non-hydrogen) atoms. The van der Waals surface area contributed by atoms with Crippen molar-refractivity contribution in [3.8, 4) is 5.75 Å². The first-order chi connectivity index (χ1) is 11.0. The number of ether oxygens (including phenoxy) is 2. The topological polar surface area (TPSA) is 78.7 Å². The maximum Gasteiger partial charge on any atom is 0.373 e. The number of esters is 1. The number of carbonyl (C=O) groups excluding carboxylic acids is 1. The monoisotopic (exact) mass is 333 g/mol. The number of halogens is 1. The van der Waals surface area contributed by atoms with E-state index < -0.39 is 10.9 Å². The van der Waals surface area contributed by atoms with Crippen LogP contribution in [0.2, 0.25) is 5.02 Å². The van der Waals surface area contributed by atoms with Gasteiger partial charge in [-0.2, -0.15) is 0 Å². The molecule has 118 valence electrons. The fourth-order valence-electron chi connectivity index (χ4n) is 1.76.